The highest BCUT2D eigenvalue weighted by molar-refractivity contribution is 9.10. The first kappa shape index (κ1) is 79.0. The number of nitrogens with one attached hydrogen (secondary N) is 3. The van der Waals surface area contributed by atoms with Gasteiger partial charge in [0, 0.05) is 66.5 Å². The molecule has 1 amide bonds. The second kappa shape index (κ2) is 33.2. The molecule has 0 saturated carbocycles. The molecule has 0 bridgehead atoms. The number of hydrogen-bond donors (Lipinski definition) is 3. The maximum Gasteiger partial charge on any atom is 0.338 e. The average molecular weight is 1560 g/mol. The predicted octanol–water partition coefficient (Wildman–Crippen LogP) is 14.5. The van der Waals surface area contributed by atoms with E-state index in [1.54, 1.807) is 42.5 Å². The van der Waals surface area contributed by atoms with Gasteiger partial charge in [-0.05, 0) is 134 Å². The highest BCUT2D eigenvalue weighted by Gasteiger charge is 2.30. The summed E-state index contributed by atoms with van der Waals surface area (Å²) in [5, 5.41) is 2.25. The number of methoxy groups -OCH3 is 1. The second-order valence-corrected chi connectivity index (χ2v) is 32.2. The van der Waals surface area contributed by atoms with Crippen molar-refractivity contribution in [3.05, 3.63) is 250 Å². The van der Waals surface area contributed by atoms with E-state index < -0.39 is 41.6 Å². The van der Waals surface area contributed by atoms with E-state index in [-0.39, 0.29) is 98.2 Å². The number of ether oxygens (including phenoxy) is 1. The largest absolute Gasteiger partial charge is 0.363 e. The van der Waals surface area contributed by atoms with Crippen LogP contribution in [0.2, 0.25) is 25.4 Å². The monoisotopic (exact) mass is 1550 g/mol. The van der Waals surface area contributed by atoms with Crippen LogP contribution in [0.5, 0.6) is 0 Å². The van der Waals surface area contributed by atoms with Crippen molar-refractivity contribution in [1.82, 2.24) is 35.0 Å². The van der Waals surface area contributed by atoms with Gasteiger partial charge in [-0.1, -0.05) is 157 Å². The highest BCUT2D eigenvalue weighted by Crippen LogP contribution is 2.34. The molecule has 0 saturated heterocycles. The number of nitrogens with zero attached hydrogens (tertiary/aromatic N) is 7. The van der Waals surface area contributed by atoms with Crippen molar-refractivity contribution < 1.29 is 48.9 Å². The molecule has 98 heavy (non-hydrogen) atoms. The molecular weight excluding hydrogens is 1490 g/mol. The summed E-state index contributed by atoms with van der Waals surface area (Å²) >= 11 is 32.5. The van der Waals surface area contributed by atoms with Crippen LogP contribution in [0.3, 0.4) is 0 Å². The van der Waals surface area contributed by atoms with Crippen LogP contribution in [-0.4, -0.2) is 105 Å². The number of anilines is 3. The van der Waals surface area contributed by atoms with Crippen molar-refractivity contribution in [2.24, 2.45) is 0 Å². The molecule has 6 heterocycles. The number of carbonyl (C=O) groups excluding carboxylic acids is 4. The molecule has 0 radical (unpaired) electrons. The summed E-state index contributed by atoms with van der Waals surface area (Å²) in [5.74, 6) is -1.40. The van der Waals surface area contributed by atoms with E-state index in [0.717, 1.165) is 26.1 Å². The fourth-order valence-electron chi connectivity index (χ4n) is 8.38. The third-order valence-corrected chi connectivity index (χ3v) is 20.0. The summed E-state index contributed by atoms with van der Waals surface area (Å²) in [4.78, 5) is 70.6. The smallest absolute Gasteiger partial charge is 0.338 e. The van der Waals surface area contributed by atoms with Gasteiger partial charge in [0.1, 0.15) is 33.0 Å². The number of halogens is 6. The normalized spacial score (nSPS) is 11.6. The number of amides is 1. The zero-order chi connectivity index (χ0) is 72.9. The molecule has 9 rings (SSSR count). The fraction of sp³-hybridized carbons (Fsp3) is 0.224. The van der Waals surface area contributed by atoms with Gasteiger partial charge in [-0.25, -0.2) is 54.5 Å². The van der Waals surface area contributed by atoms with Gasteiger partial charge in [0.05, 0.1) is 59.4 Å². The average Bonchev–Trinajstić information content (AvgIpc) is 0.789. The molecule has 0 fully saturated rings. The molecule has 0 aliphatic heterocycles. The number of aromatic amines is 1. The number of rotatable bonds is 17. The van der Waals surface area contributed by atoms with E-state index in [9.17, 15) is 44.4 Å². The molecule has 31 heteroatoms. The van der Waals surface area contributed by atoms with Gasteiger partial charge in [0.15, 0.2) is 0 Å². The van der Waals surface area contributed by atoms with Crippen LogP contribution >= 0.6 is 73.9 Å². The molecule has 0 atom stereocenters. The summed E-state index contributed by atoms with van der Waals surface area (Å²) in [5.41, 5.74) is 3.13. The van der Waals surface area contributed by atoms with E-state index in [2.05, 4.69) is 87.4 Å². The summed E-state index contributed by atoms with van der Waals surface area (Å²) in [7, 11) is -8.92. The quantitative estimate of drug-likeness (QED) is 0.0251. The van der Waals surface area contributed by atoms with Crippen LogP contribution in [0.25, 0.3) is 0 Å². The molecule has 0 spiro atoms. The Morgan fingerprint density at radius 1 is 0.541 bits per heavy atom. The second-order valence-electron chi connectivity index (χ2n) is 24.1. The Morgan fingerprint density at radius 2 is 0.929 bits per heavy atom. The molecular formula is C67H67BrCl5N10O12S3+. The third kappa shape index (κ3) is 21.5. The topological polar surface area (TPSA) is 302 Å². The molecule has 0 aliphatic carbocycles. The number of aromatic nitrogens is 6. The first-order valence-corrected chi connectivity index (χ1v) is 36.0. The lowest BCUT2D eigenvalue weighted by Crippen LogP contribution is -2.33. The van der Waals surface area contributed by atoms with Crippen LogP contribution < -0.4 is 19.3 Å². The number of ketones is 2. The van der Waals surface area contributed by atoms with Crippen molar-refractivity contribution >= 4 is 145 Å². The number of hydrogen-bond acceptors (Lipinski definition) is 16. The molecule has 9 aromatic rings. The van der Waals surface area contributed by atoms with Crippen molar-refractivity contribution in [2.75, 3.05) is 34.6 Å². The van der Waals surface area contributed by atoms with Crippen LogP contribution in [-0.2, 0) is 55.6 Å². The first-order chi connectivity index (χ1) is 45.7. The number of benzene rings is 3. The number of pyridine rings is 6. The van der Waals surface area contributed by atoms with Gasteiger partial charge in [-0.3, -0.25) is 28.6 Å². The third-order valence-electron chi connectivity index (χ3n) is 13.8. The molecule has 0 unspecified atom stereocenters. The van der Waals surface area contributed by atoms with E-state index in [4.69, 9.17) is 62.7 Å². The first-order valence-electron chi connectivity index (χ1n) is 28.9. The van der Waals surface area contributed by atoms with Crippen LogP contribution in [0.15, 0.2) is 189 Å². The molecule has 6 aromatic heterocycles. The SMILES string of the molecule is C=[O+]N(C)C(=O)c1ccc(Cl)nc1.CC(C)(C)c1ccc(S(=O)(=O)Nc2cc(Cl)cnc2C(=O)c2ccc(=O)[nH]c2)cc1.CC(C)(C)c1ccc(S(=O)(=O)Nc2cc(Cl)cnc2C(=O)c2ccc(Cl)nc2)cc1.COCN(c1cc(Cl)cnc1Br)S(=O)(=O)c1ccc(C(C)(C)C)cc1. The van der Waals surface area contributed by atoms with E-state index in [0.29, 0.717) is 26.0 Å². The minimum atomic E-state index is -4.00. The number of H-pyrrole nitrogens is 1. The number of hydroxylamine groups is 2. The van der Waals surface area contributed by atoms with Gasteiger partial charge in [0.25, 0.3) is 30.1 Å². The van der Waals surface area contributed by atoms with Gasteiger partial charge in [-0.15, -0.1) is 4.53 Å². The van der Waals surface area contributed by atoms with Crippen molar-refractivity contribution in [3.63, 3.8) is 0 Å². The van der Waals surface area contributed by atoms with Crippen molar-refractivity contribution in [3.8, 4) is 0 Å². The van der Waals surface area contributed by atoms with Crippen LogP contribution in [0.1, 0.15) is 121 Å². The zero-order valence-corrected chi connectivity index (χ0v) is 62.3. The van der Waals surface area contributed by atoms with Crippen LogP contribution in [0, 0.1) is 0 Å². The Morgan fingerprint density at radius 3 is 1.31 bits per heavy atom. The Kier molecular flexibility index (Phi) is 26.8. The minimum absolute atomic E-state index is 0.0256. The van der Waals surface area contributed by atoms with Crippen molar-refractivity contribution in [2.45, 2.75) is 93.2 Å². The standard InChI is InChI=1S/C21H19Cl2N3O3S.C21H20ClN3O4S.C17H20BrClN2O3S.C8H8ClN2O2/c1-21(2,3)14-5-7-16(8-6-14)30(28,29)26-17-10-15(22)12-25-19(17)20(27)13-4-9-18(23)24-11-13;1-21(2,3)14-5-7-16(8-6-14)30(28,29)25-17-10-15(22)12-24-19(17)20(27)13-4-9-18(26)23-11-13;1-17(2,3)12-5-7-14(8-6-12)25(22,23)21(11-24-4)15-9-13(19)10-20-16(15)18;1-11(13-2)8(12)6-3-4-7(9)10-5-6/h4-12,26H,1-3H3;4-12,25H,1-3H3,(H,23,26);5-10H,11H2,1-4H3;3-5H,2H2,1H3/q;;;+1. The maximum atomic E-state index is 13.1. The summed E-state index contributed by atoms with van der Waals surface area (Å²) in [6.07, 6.45) is 7.87. The zero-order valence-electron chi connectivity index (χ0n) is 54.5. The number of carbonyl (C=O) groups is 3. The summed E-state index contributed by atoms with van der Waals surface area (Å²) < 4.78 is 93.7. The molecule has 3 aromatic carbocycles. The molecule has 22 nitrogen and oxygen atoms in total. The lowest BCUT2D eigenvalue weighted by molar-refractivity contribution is -0.605. The van der Waals surface area contributed by atoms with Crippen LogP contribution in [0.4, 0.5) is 17.1 Å². The summed E-state index contributed by atoms with van der Waals surface area (Å²) in [6, 6.07) is 32.7. The van der Waals surface area contributed by atoms with Crippen molar-refractivity contribution in [1.29, 1.82) is 0 Å². The maximum absolute atomic E-state index is 13.1. The molecule has 3 N–H and O–H groups in total. The van der Waals surface area contributed by atoms with Gasteiger partial charge < -0.3 is 9.72 Å². The number of sulfonamides is 3. The Hall–Kier alpha value is -8.02. The minimum Gasteiger partial charge on any atom is -0.363 e. The fourth-order valence-corrected chi connectivity index (χ4v) is 13.1. The molecule has 516 valence electrons. The van der Waals surface area contributed by atoms with E-state index in [1.807, 2.05) is 53.7 Å². The Labute approximate surface area is 602 Å². The van der Waals surface area contributed by atoms with Gasteiger partial charge >= 0.3 is 12.7 Å². The Bertz CT molecular complexity index is 4750. The summed E-state index contributed by atoms with van der Waals surface area (Å²) in [6.45, 7) is 21.4. The van der Waals surface area contributed by atoms with E-state index in [1.165, 1.54) is 124 Å². The lowest BCUT2D eigenvalue weighted by Gasteiger charge is -2.25. The highest BCUT2D eigenvalue weighted by atomic mass is 79.9. The van der Waals surface area contributed by atoms with Gasteiger partial charge in [0.2, 0.25) is 17.1 Å². The van der Waals surface area contributed by atoms with Gasteiger partial charge in [-0.2, -0.15) is 0 Å². The predicted molar refractivity (Wildman–Crippen MR) is 386 cm³/mol. The molecule has 0 aliphatic rings. The van der Waals surface area contributed by atoms with E-state index >= 15 is 0 Å². The Balaban J connectivity index is 0.000000213. The lowest BCUT2D eigenvalue weighted by atomic mass is 9.87.